The van der Waals surface area contributed by atoms with Gasteiger partial charge in [0.2, 0.25) is 0 Å². The Kier molecular flexibility index (Phi) is 5.25. The monoisotopic (exact) mass is 246 g/mol. The quantitative estimate of drug-likeness (QED) is 0.759. The van der Waals surface area contributed by atoms with E-state index < -0.39 is 0 Å². The van der Waals surface area contributed by atoms with Gasteiger partial charge in [-0.1, -0.05) is 24.3 Å². The number of hydrogen-bond donors (Lipinski definition) is 2. The van der Waals surface area contributed by atoms with Crippen molar-refractivity contribution in [2.45, 2.75) is 0 Å². The maximum Gasteiger partial charge on any atom is 0.337 e. The molecule has 0 saturated carbocycles. The molecule has 4 nitrogen and oxygen atoms in total. The average molecular weight is 246 g/mol. The highest BCUT2D eigenvalue weighted by Gasteiger charge is 2.00. The number of benzene rings is 2. The van der Waals surface area contributed by atoms with Crippen LogP contribution in [-0.4, -0.2) is 23.3 Å². The first-order chi connectivity index (χ1) is 8.63. The summed E-state index contributed by atoms with van der Waals surface area (Å²) in [6.45, 7) is 0. The van der Waals surface area contributed by atoms with Crippen molar-refractivity contribution >= 4 is 5.97 Å². The molecule has 0 aromatic heterocycles. The number of ether oxygens (including phenoxy) is 1. The van der Waals surface area contributed by atoms with E-state index in [1.165, 1.54) is 25.3 Å². The number of methoxy groups -OCH3 is 1. The summed E-state index contributed by atoms with van der Waals surface area (Å²) in [6, 6.07) is 14.7. The van der Waals surface area contributed by atoms with Crippen LogP contribution in [0.25, 0.3) is 0 Å². The third-order valence-electron chi connectivity index (χ3n) is 2.02. The van der Waals surface area contributed by atoms with Crippen LogP contribution < -0.4 is 0 Å². The minimum atomic E-state index is -0.291. The molecule has 2 rings (SSSR count). The van der Waals surface area contributed by atoms with E-state index >= 15 is 0 Å². The van der Waals surface area contributed by atoms with Crippen LogP contribution in [0.3, 0.4) is 0 Å². The number of rotatable bonds is 1. The lowest BCUT2D eigenvalue weighted by atomic mass is 10.2. The molecule has 0 heterocycles. The van der Waals surface area contributed by atoms with Crippen LogP contribution in [0.5, 0.6) is 11.5 Å². The van der Waals surface area contributed by atoms with E-state index in [-0.39, 0.29) is 17.5 Å². The number of aromatic hydroxyl groups is 2. The Morgan fingerprint density at radius 2 is 1.50 bits per heavy atom. The van der Waals surface area contributed by atoms with Crippen molar-refractivity contribution in [1.29, 1.82) is 0 Å². The van der Waals surface area contributed by atoms with Crippen molar-refractivity contribution in [3.05, 3.63) is 60.2 Å². The summed E-state index contributed by atoms with van der Waals surface area (Å²) < 4.78 is 4.50. The van der Waals surface area contributed by atoms with E-state index in [0.29, 0.717) is 5.56 Å². The molecule has 2 aromatic rings. The van der Waals surface area contributed by atoms with Gasteiger partial charge in [-0.25, -0.2) is 4.79 Å². The molecule has 0 aliphatic heterocycles. The summed E-state index contributed by atoms with van der Waals surface area (Å²) in [4.78, 5) is 10.8. The lowest BCUT2D eigenvalue weighted by Crippen LogP contribution is -1.99. The van der Waals surface area contributed by atoms with E-state index in [1.807, 2.05) is 6.07 Å². The highest BCUT2D eigenvalue weighted by Crippen LogP contribution is 2.14. The maximum atomic E-state index is 10.8. The van der Waals surface area contributed by atoms with Crippen LogP contribution >= 0.6 is 0 Å². The summed E-state index contributed by atoms with van der Waals surface area (Å²) >= 11 is 0. The number of phenolic OH excluding ortho intramolecular Hbond substituents is 2. The van der Waals surface area contributed by atoms with Crippen molar-refractivity contribution in [3.8, 4) is 11.5 Å². The second kappa shape index (κ2) is 6.96. The molecule has 0 aliphatic rings. The fourth-order valence-corrected chi connectivity index (χ4v) is 1.19. The SMILES string of the molecule is COC(=O)c1ccccc1.Oc1cccc(O)c1. The Bertz CT molecular complexity index is 477. The highest BCUT2D eigenvalue weighted by molar-refractivity contribution is 5.89. The maximum absolute atomic E-state index is 10.8. The first kappa shape index (κ1) is 13.6. The zero-order valence-electron chi connectivity index (χ0n) is 9.91. The van der Waals surface area contributed by atoms with Crippen molar-refractivity contribution in [1.82, 2.24) is 0 Å². The van der Waals surface area contributed by atoms with Crippen molar-refractivity contribution in [3.63, 3.8) is 0 Å². The van der Waals surface area contributed by atoms with Gasteiger partial charge in [-0.15, -0.1) is 0 Å². The van der Waals surface area contributed by atoms with Gasteiger partial charge in [0.05, 0.1) is 12.7 Å². The second-order valence-corrected chi connectivity index (χ2v) is 3.38. The Hall–Kier alpha value is -2.49. The molecule has 0 fully saturated rings. The van der Waals surface area contributed by atoms with Crippen molar-refractivity contribution in [2.24, 2.45) is 0 Å². The van der Waals surface area contributed by atoms with E-state index in [4.69, 9.17) is 10.2 Å². The number of carbonyl (C=O) groups is 1. The summed E-state index contributed by atoms with van der Waals surface area (Å²) in [5, 5.41) is 17.3. The fraction of sp³-hybridized carbons (Fsp3) is 0.0714. The van der Waals surface area contributed by atoms with Crippen LogP contribution in [0.4, 0.5) is 0 Å². The molecule has 4 heteroatoms. The third kappa shape index (κ3) is 4.57. The van der Waals surface area contributed by atoms with Crippen LogP contribution in [0.1, 0.15) is 10.4 Å². The Morgan fingerprint density at radius 1 is 0.944 bits per heavy atom. The molecule has 18 heavy (non-hydrogen) atoms. The number of esters is 1. The Balaban J connectivity index is 0.000000184. The van der Waals surface area contributed by atoms with Gasteiger partial charge in [0.1, 0.15) is 11.5 Å². The van der Waals surface area contributed by atoms with Crippen LogP contribution in [0, 0.1) is 0 Å². The largest absolute Gasteiger partial charge is 0.508 e. The van der Waals surface area contributed by atoms with E-state index in [0.717, 1.165) is 0 Å². The minimum absolute atomic E-state index is 0.0880. The third-order valence-corrected chi connectivity index (χ3v) is 2.02. The molecular weight excluding hydrogens is 232 g/mol. The number of phenols is 2. The lowest BCUT2D eigenvalue weighted by Gasteiger charge is -1.95. The van der Waals surface area contributed by atoms with Crippen molar-refractivity contribution in [2.75, 3.05) is 7.11 Å². The zero-order chi connectivity index (χ0) is 13.4. The predicted molar refractivity (Wildman–Crippen MR) is 67.6 cm³/mol. The molecule has 0 bridgehead atoms. The highest BCUT2D eigenvalue weighted by atomic mass is 16.5. The lowest BCUT2D eigenvalue weighted by molar-refractivity contribution is 0.0600. The average Bonchev–Trinajstić information content (AvgIpc) is 2.39. The van der Waals surface area contributed by atoms with Gasteiger partial charge in [-0.2, -0.15) is 0 Å². The molecule has 2 aromatic carbocycles. The van der Waals surface area contributed by atoms with Gasteiger partial charge in [-0.05, 0) is 24.3 Å². The standard InChI is InChI=1S/C8H8O2.C6H6O2/c1-10-8(9)7-5-3-2-4-6-7;7-5-2-1-3-6(8)4-5/h2-6H,1H3;1-4,7-8H. The minimum Gasteiger partial charge on any atom is -0.508 e. The normalized spacial score (nSPS) is 8.94. The molecular formula is C14H14O4. The Labute approximate surface area is 105 Å². The van der Waals surface area contributed by atoms with Gasteiger partial charge in [0.15, 0.2) is 0 Å². The fourth-order valence-electron chi connectivity index (χ4n) is 1.19. The Morgan fingerprint density at radius 3 is 1.89 bits per heavy atom. The molecule has 94 valence electrons. The molecule has 0 amide bonds. The first-order valence-electron chi connectivity index (χ1n) is 5.25. The molecule has 0 spiro atoms. The topological polar surface area (TPSA) is 66.8 Å². The molecule has 2 N–H and O–H groups in total. The second-order valence-electron chi connectivity index (χ2n) is 3.38. The van der Waals surface area contributed by atoms with Gasteiger partial charge in [-0.3, -0.25) is 0 Å². The van der Waals surface area contributed by atoms with Gasteiger partial charge >= 0.3 is 5.97 Å². The van der Waals surface area contributed by atoms with Crippen LogP contribution in [-0.2, 0) is 4.74 Å². The van der Waals surface area contributed by atoms with Gasteiger partial charge < -0.3 is 14.9 Å². The van der Waals surface area contributed by atoms with E-state index in [2.05, 4.69) is 4.74 Å². The number of hydrogen-bond acceptors (Lipinski definition) is 4. The molecule has 0 radical (unpaired) electrons. The number of carbonyl (C=O) groups excluding carboxylic acids is 1. The summed E-state index contributed by atoms with van der Waals surface area (Å²) in [5.41, 5.74) is 0.588. The molecule has 0 saturated heterocycles. The summed E-state index contributed by atoms with van der Waals surface area (Å²) in [6.07, 6.45) is 0. The first-order valence-corrected chi connectivity index (χ1v) is 5.25. The van der Waals surface area contributed by atoms with Gasteiger partial charge in [0, 0.05) is 6.07 Å². The molecule has 0 unspecified atom stereocenters. The van der Waals surface area contributed by atoms with Gasteiger partial charge in [0.25, 0.3) is 0 Å². The summed E-state index contributed by atoms with van der Waals surface area (Å²) in [7, 11) is 1.37. The van der Waals surface area contributed by atoms with Crippen LogP contribution in [0.15, 0.2) is 54.6 Å². The predicted octanol–water partition coefficient (Wildman–Crippen LogP) is 2.57. The van der Waals surface area contributed by atoms with Crippen molar-refractivity contribution < 1.29 is 19.7 Å². The van der Waals surface area contributed by atoms with E-state index in [9.17, 15) is 4.79 Å². The molecule has 0 aliphatic carbocycles. The summed E-state index contributed by atoms with van der Waals surface area (Å²) in [5.74, 6) is -0.115. The molecule has 0 atom stereocenters. The van der Waals surface area contributed by atoms with Crippen LogP contribution in [0.2, 0.25) is 0 Å². The van der Waals surface area contributed by atoms with E-state index in [1.54, 1.807) is 30.3 Å². The smallest absolute Gasteiger partial charge is 0.337 e. The zero-order valence-corrected chi connectivity index (χ0v) is 9.91.